The third-order valence-electron chi connectivity index (χ3n) is 5.65. The Kier molecular flexibility index (Phi) is 6.26. The highest BCUT2D eigenvalue weighted by atomic mass is 35.5. The number of hydrogen-bond donors (Lipinski definition) is 0. The Morgan fingerprint density at radius 2 is 1.84 bits per heavy atom. The fraction of sp³-hybridized carbons (Fsp3) is 0.280. The van der Waals surface area contributed by atoms with E-state index in [2.05, 4.69) is 0 Å². The Labute approximate surface area is 200 Å². The van der Waals surface area contributed by atoms with Crippen LogP contribution in [0.5, 0.6) is 5.75 Å². The van der Waals surface area contributed by atoms with E-state index < -0.39 is 0 Å². The van der Waals surface area contributed by atoms with Crippen molar-refractivity contribution in [3.05, 3.63) is 79.9 Å². The van der Waals surface area contributed by atoms with Gasteiger partial charge in [0.25, 0.3) is 5.56 Å². The predicted octanol–water partition coefficient (Wildman–Crippen LogP) is 6.67. The van der Waals surface area contributed by atoms with Gasteiger partial charge in [-0.2, -0.15) is 0 Å². The molecule has 0 aliphatic heterocycles. The van der Waals surface area contributed by atoms with Crippen LogP contribution in [0.15, 0.2) is 58.5 Å². The summed E-state index contributed by atoms with van der Waals surface area (Å²) in [6, 6.07) is 15.5. The van der Waals surface area contributed by atoms with Gasteiger partial charge in [-0.25, -0.2) is 4.98 Å². The number of ether oxygens (including phenoxy) is 1. The molecule has 1 aliphatic carbocycles. The second-order valence-corrected chi connectivity index (χ2v) is 10.2. The summed E-state index contributed by atoms with van der Waals surface area (Å²) in [5.74, 6) is 1.50. The lowest BCUT2D eigenvalue weighted by atomic mass is 9.97. The molecule has 0 fully saturated rings. The molecule has 0 saturated carbocycles. The van der Waals surface area contributed by atoms with Crippen LogP contribution in [0.2, 0.25) is 5.02 Å². The standard InChI is InChI=1S/C25H23ClN2O2S2/c1-2-30-19-13-11-18(12-14-19)28-24(29)22-20-5-3-4-6-21(20)32-23(22)27-25(28)31-15-16-7-9-17(26)10-8-16/h7-14H,2-6,15H2,1H3. The number of hydrogen-bond acceptors (Lipinski definition) is 5. The van der Waals surface area contributed by atoms with Crippen molar-refractivity contribution in [2.75, 3.05) is 6.61 Å². The zero-order valence-electron chi connectivity index (χ0n) is 17.8. The third kappa shape index (κ3) is 4.19. The second-order valence-electron chi connectivity index (χ2n) is 7.77. The molecule has 2 aromatic carbocycles. The predicted molar refractivity (Wildman–Crippen MR) is 134 cm³/mol. The first-order chi connectivity index (χ1) is 15.6. The monoisotopic (exact) mass is 482 g/mol. The Balaban J connectivity index is 1.62. The van der Waals surface area contributed by atoms with Crippen LogP contribution in [0.3, 0.4) is 0 Å². The SMILES string of the molecule is CCOc1ccc(-n2c(SCc3ccc(Cl)cc3)nc3sc4c(c3c2=O)CCCC4)cc1. The van der Waals surface area contributed by atoms with Crippen molar-refractivity contribution < 1.29 is 4.74 Å². The maximum Gasteiger partial charge on any atom is 0.267 e. The van der Waals surface area contributed by atoms with E-state index in [1.54, 1.807) is 27.7 Å². The summed E-state index contributed by atoms with van der Waals surface area (Å²) in [5.41, 5.74) is 3.18. The molecule has 0 spiro atoms. The van der Waals surface area contributed by atoms with Gasteiger partial charge in [-0.15, -0.1) is 11.3 Å². The maximum absolute atomic E-state index is 13.8. The summed E-state index contributed by atoms with van der Waals surface area (Å²) in [4.78, 5) is 21.0. The van der Waals surface area contributed by atoms with E-state index in [-0.39, 0.29) is 5.56 Å². The molecule has 0 atom stereocenters. The zero-order chi connectivity index (χ0) is 22.1. The van der Waals surface area contributed by atoms with Crippen molar-refractivity contribution in [1.82, 2.24) is 9.55 Å². The minimum absolute atomic E-state index is 0.0252. The number of nitrogens with zero attached hydrogens (tertiary/aromatic N) is 2. The van der Waals surface area contributed by atoms with Gasteiger partial charge in [0, 0.05) is 15.7 Å². The molecule has 0 radical (unpaired) electrons. The lowest BCUT2D eigenvalue weighted by Gasteiger charge is -2.14. The minimum atomic E-state index is 0.0252. The molecule has 1 aliphatic rings. The summed E-state index contributed by atoms with van der Waals surface area (Å²) in [5, 5.41) is 2.23. The molecular weight excluding hydrogens is 460 g/mol. The molecule has 2 heterocycles. The van der Waals surface area contributed by atoms with Crippen LogP contribution >= 0.6 is 34.7 Å². The van der Waals surface area contributed by atoms with Crippen molar-refractivity contribution in [3.8, 4) is 11.4 Å². The lowest BCUT2D eigenvalue weighted by molar-refractivity contribution is 0.340. The van der Waals surface area contributed by atoms with Gasteiger partial charge < -0.3 is 4.74 Å². The van der Waals surface area contributed by atoms with Gasteiger partial charge in [0.05, 0.1) is 17.7 Å². The smallest absolute Gasteiger partial charge is 0.267 e. The summed E-state index contributed by atoms with van der Waals surface area (Å²) in [6.07, 6.45) is 4.33. The van der Waals surface area contributed by atoms with Gasteiger partial charge in [-0.3, -0.25) is 9.36 Å². The van der Waals surface area contributed by atoms with Gasteiger partial charge in [-0.1, -0.05) is 35.5 Å². The number of thioether (sulfide) groups is 1. The first kappa shape index (κ1) is 21.6. The molecule has 0 saturated heterocycles. The zero-order valence-corrected chi connectivity index (χ0v) is 20.2. The summed E-state index contributed by atoms with van der Waals surface area (Å²) >= 11 is 9.30. The van der Waals surface area contributed by atoms with Crippen molar-refractivity contribution in [2.24, 2.45) is 0 Å². The average Bonchev–Trinajstić information content (AvgIpc) is 3.18. The van der Waals surface area contributed by atoms with Crippen molar-refractivity contribution in [2.45, 2.75) is 43.5 Å². The molecule has 0 amide bonds. The summed E-state index contributed by atoms with van der Waals surface area (Å²) in [6.45, 7) is 2.57. The molecule has 7 heteroatoms. The van der Waals surface area contributed by atoms with Gasteiger partial charge in [0.1, 0.15) is 10.6 Å². The van der Waals surface area contributed by atoms with Crippen LogP contribution in [0.25, 0.3) is 15.9 Å². The molecule has 32 heavy (non-hydrogen) atoms. The van der Waals surface area contributed by atoms with Gasteiger partial charge in [-0.05, 0) is 80.1 Å². The van der Waals surface area contributed by atoms with Crippen molar-refractivity contribution in [1.29, 1.82) is 0 Å². The van der Waals surface area contributed by atoms with E-state index >= 15 is 0 Å². The van der Waals surface area contributed by atoms with Crippen LogP contribution in [0, 0.1) is 0 Å². The minimum Gasteiger partial charge on any atom is -0.494 e. The van der Waals surface area contributed by atoms with Crippen LogP contribution < -0.4 is 10.3 Å². The molecule has 0 N–H and O–H groups in total. The Bertz CT molecular complexity index is 1310. The highest BCUT2D eigenvalue weighted by molar-refractivity contribution is 7.98. The van der Waals surface area contributed by atoms with E-state index in [4.69, 9.17) is 21.3 Å². The second kappa shape index (κ2) is 9.30. The van der Waals surface area contributed by atoms with E-state index in [0.29, 0.717) is 22.5 Å². The van der Waals surface area contributed by atoms with E-state index in [1.807, 2.05) is 55.5 Å². The molecular formula is C25H23ClN2O2S2. The molecule has 2 aromatic heterocycles. The Hall–Kier alpha value is -2.28. The largest absolute Gasteiger partial charge is 0.494 e. The number of aromatic nitrogens is 2. The average molecular weight is 483 g/mol. The first-order valence-corrected chi connectivity index (χ1v) is 13.0. The number of rotatable bonds is 6. The van der Waals surface area contributed by atoms with Gasteiger partial charge in [0.15, 0.2) is 5.16 Å². The fourth-order valence-electron chi connectivity index (χ4n) is 4.10. The number of halogens is 1. The highest BCUT2D eigenvalue weighted by Crippen LogP contribution is 2.35. The quantitative estimate of drug-likeness (QED) is 0.227. The van der Waals surface area contributed by atoms with Crippen LogP contribution in [-0.2, 0) is 18.6 Å². The van der Waals surface area contributed by atoms with Crippen molar-refractivity contribution >= 4 is 44.9 Å². The fourth-order valence-corrected chi connectivity index (χ4v) is 6.49. The molecule has 5 rings (SSSR count). The van der Waals surface area contributed by atoms with Crippen LogP contribution in [0.1, 0.15) is 35.8 Å². The summed E-state index contributed by atoms with van der Waals surface area (Å²) < 4.78 is 7.35. The first-order valence-electron chi connectivity index (χ1n) is 10.8. The number of benzene rings is 2. The van der Waals surface area contributed by atoms with Gasteiger partial charge in [0.2, 0.25) is 0 Å². The Morgan fingerprint density at radius 3 is 2.59 bits per heavy atom. The van der Waals surface area contributed by atoms with E-state index in [0.717, 1.165) is 46.5 Å². The third-order valence-corrected chi connectivity index (χ3v) is 8.09. The molecule has 0 unspecified atom stereocenters. The topological polar surface area (TPSA) is 44.1 Å². The lowest BCUT2D eigenvalue weighted by Crippen LogP contribution is -2.22. The maximum atomic E-state index is 13.8. The molecule has 164 valence electrons. The Morgan fingerprint density at radius 1 is 1.09 bits per heavy atom. The van der Waals surface area contributed by atoms with Crippen LogP contribution in [-0.4, -0.2) is 16.2 Å². The van der Waals surface area contributed by atoms with Gasteiger partial charge >= 0.3 is 0 Å². The number of fused-ring (bicyclic) bond motifs is 3. The molecule has 4 nitrogen and oxygen atoms in total. The normalized spacial score (nSPS) is 13.3. The van der Waals surface area contributed by atoms with Crippen LogP contribution in [0.4, 0.5) is 0 Å². The molecule has 0 bridgehead atoms. The number of aryl methyl sites for hydroxylation is 2. The molecule has 4 aromatic rings. The van der Waals surface area contributed by atoms with Crippen molar-refractivity contribution in [3.63, 3.8) is 0 Å². The number of thiophene rings is 1. The summed E-state index contributed by atoms with van der Waals surface area (Å²) in [7, 11) is 0. The highest BCUT2D eigenvalue weighted by Gasteiger charge is 2.23. The van der Waals surface area contributed by atoms with E-state index in [1.165, 1.54) is 16.9 Å². The van der Waals surface area contributed by atoms with E-state index in [9.17, 15) is 4.79 Å².